The van der Waals surface area contributed by atoms with Gasteiger partial charge in [0, 0.05) is 18.4 Å². The molecule has 1 saturated carbocycles. The SMILES string of the molecule is Nc1ccc(C[C@@H](C(=O)O)c2cn(C3CCCCC3)cn2)cn1.O.[NaH]. The summed E-state index contributed by atoms with van der Waals surface area (Å²) in [4.78, 5) is 20.0. The molecule has 0 amide bonds. The van der Waals surface area contributed by atoms with E-state index in [0.717, 1.165) is 18.4 Å². The Bertz CT molecular complexity index is 669. The van der Waals surface area contributed by atoms with Gasteiger partial charge < -0.3 is 20.9 Å². The maximum absolute atomic E-state index is 11.7. The Morgan fingerprint density at radius 1 is 1.28 bits per heavy atom. The first-order chi connectivity index (χ1) is 11.1. The van der Waals surface area contributed by atoms with E-state index in [0.29, 0.717) is 24.0 Å². The number of carbonyl (C=O) groups is 1. The minimum atomic E-state index is -0.865. The number of pyridine rings is 1. The molecule has 0 unspecified atom stereocenters. The molecule has 2 heterocycles. The van der Waals surface area contributed by atoms with Crippen molar-refractivity contribution in [1.82, 2.24) is 14.5 Å². The first-order valence-electron chi connectivity index (χ1n) is 8.10. The summed E-state index contributed by atoms with van der Waals surface area (Å²) in [6.45, 7) is 0. The van der Waals surface area contributed by atoms with Gasteiger partial charge >= 0.3 is 35.5 Å². The molecule has 0 aromatic carbocycles. The van der Waals surface area contributed by atoms with Gasteiger partial charge in [-0.05, 0) is 30.9 Å². The number of rotatable bonds is 5. The van der Waals surface area contributed by atoms with Gasteiger partial charge in [0.15, 0.2) is 0 Å². The zero-order valence-corrected chi connectivity index (χ0v) is 13.6. The Balaban J connectivity index is 0.00000156. The second-order valence-electron chi connectivity index (χ2n) is 6.22. The van der Waals surface area contributed by atoms with E-state index in [1.54, 1.807) is 18.6 Å². The normalized spacial score (nSPS) is 15.7. The molecule has 2 aromatic heterocycles. The average Bonchev–Trinajstić information content (AvgIpc) is 3.04. The number of hydrogen-bond acceptors (Lipinski definition) is 4. The number of carboxylic acid groups (broad SMARTS) is 1. The number of hydrogen-bond donors (Lipinski definition) is 2. The predicted octanol–water partition coefficient (Wildman–Crippen LogP) is 1.30. The Labute approximate surface area is 169 Å². The summed E-state index contributed by atoms with van der Waals surface area (Å²) in [6.07, 6.45) is 11.7. The van der Waals surface area contributed by atoms with Crippen LogP contribution in [0.3, 0.4) is 0 Å². The quantitative estimate of drug-likeness (QED) is 0.781. The molecule has 7 nitrogen and oxygen atoms in total. The number of aliphatic carboxylic acids is 1. The van der Waals surface area contributed by atoms with Crippen molar-refractivity contribution >= 4 is 41.3 Å². The Morgan fingerprint density at radius 3 is 2.60 bits per heavy atom. The van der Waals surface area contributed by atoms with Crippen molar-refractivity contribution in [3.63, 3.8) is 0 Å². The second kappa shape index (κ2) is 9.91. The number of nitrogens with zero attached hydrogens (tertiary/aromatic N) is 3. The monoisotopic (exact) mass is 356 g/mol. The molecule has 0 bridgehead atoms. The summed E-state index contributed by atoms with van der Waals surface area (Å²) in [7, 11) is 0. The molecular formula is C17H25N4NaO3. The second-order valence-corrected chi connectivity index (χ2v) is 6.22. The Kier molecular flexibility index (Phi) is 8.58. The van der Waals surface area contributed by atoms with Gasteiger partial charge in [0.25, 0.3) is 0 Å². The van der Waals surface area contributed by atoms with Crippen LogP contribution >= 0.6 is 0 Å². The zero-order chi connectivity index (χ0) is 16.2. The van der Waals surface area contributed by atoms with E-state index in [2.05, 4.69) is 14.5 Å². The van der Waals surface area contributed by atoms with Gasteiger partial charge in [0.05, 0.1) is 12.0 Å². The molecule has 132 valence electrons. The van der Waals surface area contributed by atoms with Crippen molar-refractivity contribution in [2.24, 2.45) is 0 Å². The van der Waals surface area contributed by atoms with Crippen LogP contribution in [-0.4, -0.2) is 60.6 Å². The fourth-order valence-electron chi connectivity index (χ4n) is 3.22. The molecule has 1 fully saturated rings. The van der Waals surface area contributed by atoms with Crippen LogP contribution in [0.15, 0.2) is 30.9 Å². The topological polar surface area (TPSA) is 126 Å². The predicted molar refractivity (Wildman–Crippen MR) is 97.8 cm³/mol. The number of imidazole rings is 1. The molecule has 0 spiro atoms. The van der Waals surface area contributed by atoms with Crippen LogP contribution in [0.1, 0.15) is 55.3 Å². The van der Waals surface area contributed by atoms with E-state index in [9.17, 15) is 9.90 Å². The number of nitrogen functional groups attached to an aromatic ring is 1. The van der Waals surface area contributed by atoms with E-state index in [4.69, 9.17) is 5.73 Å². The molecule has 1 aliphatic rings. The van der Waals surface area contributed by atoms with Gasteiger partial charge in [-0.1, -0.05) is 25.3 Å². The first kappa shape index (κ1) is 21.6. The Hall–Kier alpha value is -1.41. The number of aromatic nitrogens is 3. The van der Waals surface area contributed by atoms with Gasteiger partial charge in [-0.25, -0.2) is 9.97 Å². The van der Waals surface area contributed by atoms with E-state index in [1.807, 2.05) is 12.3 Å². The van der Waals surface area contributed by atoms with Crippen LogP contribution in [0.25, 0.3) is 0 Å². The number of anilines is 1. The van der Waals surface area contributed by atoms with E-state index < -0.39 is 11.9 Å². The molecule has 0 aliphatic heterocycles. The fourth-order valence-corrected chi connectivity index (χ4v) is 3.22. The van der Waals surface area contributed by atoms with Crippen LogP contribution in [-0.2, 0) is 11.2 Å². The van der Waals surface area contributed by atoms with Crippen molar-refractivity contribution < 1.29 is 15.4 Å². The van der Waals surface area contributed by atoms with Crippen LogP contribution < -0.4 is 5.73 Å². The summed E-state index contributed by atoms with van der Waals surface area (Å²) in [5.41, 5.74) is 7.03. The molecular weight excluding hydrogens is 331 g/mol. The molecule has 0 radical (unpaired) electrons. The molecule has 1 atom stereocenters. The van der Waals surface area contributed by atoms with Crippen LogP contribution in [0.2, 0.25) is 0 Å². The summed E-state index contributed by atoms with van der Waals surface area (Å²) in [5.74, 6) is -1.09. The standard InChI is InChI=1S/C17H22N4O2.Na.H2O.H/c18-16-7-6-12(9-19-16)8-14(17(22)23)15-10-21(11-20-15)13-4-2-1-3-5-13;;;/h6-7,9-11,13-14H,1-5,8H2,(H2,18,19)(H,22,23);;1H2;/t14-;;;/m1.../s1. The van der Waals surface area contributed by atoms with Gasteiger partial charge in [-0.2, -0.15) is 0 Å². The number of carboxylic acids is 1. The summed E-state index contributed by atoms with van der Waals surface area (Å²) >= 11 is 0. The summed E-state index contributed by atoms with van der Waals surface area (Å²) in [6, 6.07) is 3.96. The third kappa shape index (κ3) is 5.54. The summed E-state index contributed by atoms with van der Waals surface area (Å²) in [5, 5.41) is 9.57. The van der Waals surface area contributed by atoms with E-state index in [1.165, 1.54) is 19.3 Å². The van der Waals surface area contributed by atoms with Gasteiger partial charge in [0.1, 0.15) is 11.7 Å². The van der Waals surface area contributed by atoms with Crippen molar-refractivity contribution in [3.05, 3.63) is 42.1 Å². The average molecular weight is 356 g/mol. The molecule has 25 heavy (non-hydrogen) atoms. The van der Waals surface area contributed by atoms with Crippen molar-refractivity contribution in [1.29, 1.82) is 0 Å². The number of nitrogens with two attached hydrogens (primary N) is 1. The molecule has 3 rings (SSSR count). The van der Waals surface area contributed by atoms with Gasteiger partial charge in [-0.3, -0.25) is 4.79 Å². The van der Waals surface area contributed by atoms with Crippen molar-refractivity contribution in [3.8, 4) is 0 Å². The third-order valence-corrected chi connectivity index (χ3v) is 4.56. The third-order valence-electron chi connectivity index (χ3n) is 4.56. The first-order valence-corrected chi connectivity index (χ1v) is 8.10. The molecule has 0 saturated heterocycles. The molecule has 5 N–H and O–H groups in total. The Morgan fingerprint density at radius 2 is 2.00 bits per heavy atom. The van der Waals surface area contributed by atoms with Crippen LogP contribution in [0.5, 0.6) is 0 Å². The van der Waals surface area contributed by atoms with Crippen molar-refractivity contribution in [2.45, 2.75) is 50.5 Å². The van der Waals surface area contributed by atoms with Crippen LogP contribution in [0, 0.1) is 0 Å². The van der Waals surface area contributed by atoms with E-state index in [-0.39, 0.29) is 35.0 Å². The van der Waals surface area contributed by atoms with E-state index >= 15 is 0 Å². The molecule has 1 aliphatic carbocycles. The van der Waals surface area contributed by atoms with Gasteiger partial charge in [0.2, 0.25) is 0 Å². The summed E-state index contributed by atoms with van der Waals surface area (Å²) < 4.78 is 2.09. The molecule has 8 heteroatoms. The van der Waals surface area contributed by atoms with Crippen LogP contribution in [0.4, 0.5) is 5.82 Å². The minimum absolute atomic E-state index is 0. The van der Waals surface area contributed by atoms with Gasteiger partial charge in [-0.15, -0.1) is 0 Å². The fraction of sp³-hybridized carbons (Fsp3) is 0.471. The maximum atomic E-state index is 11.7. The molecule has 2 aromatic rings. The zero-order valence-electron chi connectivity index (χ0n) is 13.6. The van der Waals surface area contributed by atoms with Crippen molar-refractivity contribution in [2.75, 3.05) is 5.73 Å².